The first-order valence-corrected chi connectivity index (χ1v) is 8.85. The maximum atomic E-state index is 12.4. The Morgan fingerprint density at radius 2 is 1.72 bits per heavy atom. The van der Waals surface area contributed by atoms with E-state index < -0.39 is 0 Å². The molecular weight excluding hydrogens is 314 g/mol. The van der Waals surface area contributed by atoms with Gasteiger partial charge in [-0.2, -0.15) is 0 Å². The summed E-state index contributed by atoms with van der Waals surface area (Å²) in [5.41, 5.74) is 1.31. The highest BCUT2D eigenvalue weighted by Gasteiger charge is 2.07. The molecule has 2 aromatic rings. The predicted molar refractivity (Wildman–Crippen MR) is 102 cm³/mol. The molecule has 0 unspecified atom stereocenters. The number of benzene rings is 2. The Kier molecular flexibility index (Phi) is 7.33. The van der Waals surface area contributed by atoms with Crippen molar-refractivity contribution in [3.63, 3.8) is 0 Å². The Balaban J connectivity index is 1.92. The van der Waals surface area contributed by atoms with E-state index in [9.17, 15) is 4.79 Å². The summed E-state index contributed by atoms with van der Waals surface area (Å²) < 4.78 is 11.3. The van der Waals surface area contributed by atoms with Gasteiger partial charge in [0.2, 0.25) is 0 Å². The minimum atomic E-state index is -0.152. The van der Waals surface area contributed by atoms with E-state index in [4.69, 9.17) is 9.47 Å². The Morgan fingerprint density at radius 3 is 2.40 bits per heavy atom. The number of hydrogen-bond donors (Lipinski definition) is 1. The first-order chi connectivity index (χ1) is 12.1. The van der Waals surface area contributed by atoms with Crippen molar-refractivity contribution in [2.75, 3.05) is 18.5 Å². The summed E-state index contributed by atoms with van der Waals surface area (Å²) in [6, 6.07) is 14.6. The van der Waals surface area contributed by atoms with Crippen LogP contribution < -0.4 is 14.8 Å². The second-order valence-electron chi connectivity index (χ2n) is 6.39. The summed E-state index contributed by atoms with van der Waals surface area (Å²) in [6.07, 6.45) is 1.96. The van der Waals surface area contributed by atoms with Crippen LogP contribution in [0.3, 0.4) is 0 Å². The normalized spacial score (nSPS) is 10.6. The van der Waals surface area contributed by atoms with Gasteiger partial charge in [0.05, 0.1) is 13.2 Å². The van der Waals surface area contributed by atoms with Gasteiger partial charge in [0.1, 0.15) is 11.5 Å². The monoisotopic (exact) mass is 341 g/mol. The molecule has 0 aliphatic rings. The zero-order chi connectivity index (χ0) is 18.1. The number of amides is 1. The number of rotatable bonds is 9. The summed E-state index contributed by atoms with van der Waals surface area (Å²) in [4.78, 5) is 12.4. The molecule has 2 aromatic carbocycles. The fourth-order valence-corrected chi connectivity index (χ4v) is 2.20. The van der Waals surface area contributed by atoms with Crippen LogP contribution in [0.25, 0.3) is 0 Å². The average Bonchev–Trinajstić information content (AvgIpc) is 2.60. The summed E-state index contributed by atoms with van der Waals surface area (Å²) in [6.45, 7) is 7.74. The van der Waals surface area contributed by atoms with Gasteiger partial charge < -0.3 is 14.8 Å². The number of carbonyl (C=O) groups excluding carboxylic acids is 1. The molecule has 4 nitrogen and oxygen atoms in total. The maximum absolute atomic E-state index is 12.4. The third-order valence-electron chi connectivity index (χ3n) is 3.65. The molecule has 4 heteroatoms. The number of ether oxygens (including phenoxy) is 2. The van der Waals surface area contributed by atoms with Crippen molar-refractivity contribution in [2.24, 2.45) is 5.92 Å². The highest BCUT2D eigenvalue weighted by atomic mass is 16.5. The van der Waals surface area contributed by atoms with Crippen molar-refractivity contribution < 1.29 is 14.3 Å². The van der Waals surface area contributed by atoms with Gasteiger partial charge in [-0.05, 0) is 55.2 Å². The van der Waals surface area contributed by atoms with Gasteiger partial charge in [-0.3, -0.25) is 4.79 Å². The molecule has 0 aliphatic heterocycles. The van der Waals surface area contributed by atoms with E-state index in [-0.39, 0.29) is 5.91 Å². The van der Waals surface area contributed by atoms with E-state index in [0.29, 0.717) is 24.7 Å². The van der Waals surface area contributed by atoms with Gasteiger partial charge in [0, 0.05) is 17.3 Å². The SMILES string of the molecule is CCCOc1cccc(NC(=O)c2ccc(OCCC(C)C)cc2)c1. The molecule has 1 N–H and O–H groups in total. The van der Waals surface area contributed by atoms with Crippen molar-refractivity contribution >= 4 is 11.6 Å². The lowest BCUT2D eigenvalue weighted by Gasteiger charge is -2.10. The van der Waals surface area contributed by atoms with E-state index in [1.807, 2.05) is 36.4 Å². The Bertz CT molecular complexity index is 665. The lowest BCUT2D eigenvalue weighted by molar-refractivity contribution is 0.102. The van der Waals surface area contributed by atoms with Crippen LogP contribution in [0.1, 0.15) is 44.0 Å². The van der Waals surface area contributed by atoms with E-state index >= 15 is 0 Å². The van der Waals surface area contributed by atoms with Crippen molar-refractivity contribution in [1.29, 1.82) is 0 Å². The van der Waals surface area contributed by atoms with Crippen molar-refractivity contribution in [2.45, 2.75) is 33.6 Å². The molecule has 0 radical (unpaired) electrons. The van der Waals surface area contributed by atoms with Gasteiger partial charge in [-0.1, -0.05) is 26.8 Å². The van der Waals surface area contributed by atoms with Crippen molar-refractivity contribution in [3.8, 4) is 11.5 Å². The fraction of sp³-hybridized carbons (Fsp3) is 0.381. The highest BCUT2D eigenvalue weighted by Crippen LogP contribution is 2.19. The molecule has 0 atom stereocenters. The van der Waals surface area contributed by atoms with Gasteiger partial charge in [-0.15, -0.1) is 0 Å². The van der Waals surface area contributed by atoms with Gasteiger partial charge in [0.25, 0.3) is 5.91 Å². The van der Waals surface area contributed by atoms with Crippen LogP contribution in [0.2, 0.25) is 0 Å². The van der Waals surface area contributed by atoms with Crippen molar-refractivity contribution in [3.05, 3.63) is 54.1 Å². The van der Waals surface area contributed by atoms with E-state index in [2.05, 4.69) is 26.1 Å². The molecule has 0 saturated carbocycles. The van der Waals surface area contributed by atoms with Crippen LogP contribution in [0.4, 0.5) is 5.69 Å². The number of anilines is 1. The molecule has 134 valence electrons. The third kappa shape index (κ3) is 6.49. The van der Waals surface area contributed by atoms with Crippen LogP contribution in [0.15, 0.2) is 48.5 Å². The fourth-order valence-electron chi connectivity index (χ4n) is 2.20. The molecule has 0 heterocycles. The Morgan fingerprint density at radius 1 is 1.00 bits per heavy atom. The molecule has 0 fully saturated rings. The highest BCUT2D eigenvalue weighted by molar-refractivity contribution is 6.04. The number of hydrogen-bond acceptors (Lipinski definition) is 3. The van der Waals surface area contributed by atoms with Crippen molar-refractivity contribution in [1.82, 2.24) is 0 Å². The van der Waals surface area contributed by atoms with Crippen LogP contribution in [-0.2, 0) is 0 Å². The summed E-state index contributed by atoms with van der Waals surface area (Å²) >= 11 is 0. The minimum absolute atomic E-state index is 0.152. The first kappa shape index (κ1) is 18.8. The lowest BCUT2D eigenvalue weighted by Crippen LogP contribution is -2.12. The number of carbonyl (C=O) groups is 1. The average molecular weight is 341 g/mol. The molecule has 2 rings (SSSR count). The zero-order valence-electron chi connectivity index (χ0n) is 15.2. The van der Waals surface area contributed by atoms with Crippen LogP contribution in [0.5, 0.6) is 11.5 Å². The number of nitrogens with one attached hydrogen (secondary N) is 1. The van der Waals surface area contributed by atoms with Gasteiger partial charge >= 0.3 is 0 Å². The largest absolute Gasteiger partial charge is 0.494 e. The Hall–Kier alpha value is -2.49. The molecule has 0 aromatic heterocycles. The third-order valence-corrected chi connectivity index (χ3v) is 3.65. The molecule has 1 amide bonds. The van der Waals surface area contributed by atoms with E-state index in [0.717, 1.165) is 30.0 Å². The quantitative estimate of drug-likeness (QED) is 0.686. The molecule has 0 aliphatic carbocycles. The molecule has 0 spiro atoms. The topological polar surface area (TPSA) is 47.6 Å². The van der Waals surface area contributed by atoms with E-state index in [1.165, 1.54) is 0 Å². The molecular formula is C21H27NO3. The van der Waals surface area contributed by atoms with Gasteiger partial charge in [0.15, 0.2) is 0 Å². The minimum Gasteiger partial charge on any atom is -0.494 e. The molecule has 0 bridgehead atoms. The second kappa shape index (κ2) is 9.72. The van der Waals surface area contributed by atoms with Crippen LogP contribution in [-0.4, -0.2) is 19.1 Å². The summed E-state index contributed by atoms with van der Waals surface area (Å²) in [5.74, 6) is 2.00. The first-order valence-electron chi connectivity index (χ1n) is 8.85. The van der Waals surface area contributed by atoms with Gasteiger partial charge in [-0.25, -0.2) is 0 Å². The molecule has 25 heavy (non-hydrogen) atoms. The standard InChI is InChI=1S/C21H27NO3/c1-4-13-24-20-7-5-6-18(15-20)22-21(23)17-8-10-19(11-9-17)25-14-12-16(2)3/h5-11,15-16H,4,12-14H2,1-3H3,(H,22,23). The smallest absolute Gasteiger partial charge is 0.255 e. The lowest BCUT2D eigenvalue weighted by atomic mass is 10.1. The summed E-state index contributed by atoms with van der Waals surface area (Å²) in [5, 5.41) is 2.89. The summed E-state index contributed by atoms with van der Waals surface area (Å²) in [7, 11) is 0. The maximum Gasteiger partial charge on any atom is 0.255 e. The zero-order valence-corrected chi connectivity index (χ0v) is 15.2. The predicted octanol–water partition coefficient (Wildman–Crippen LogP) is 5.15. The van der Waals surface area contributed by atoms with Crippen LogP contribution >= 0.6 is 0 Å². The molecule has 0 saturated heterocycles. The Labute approximate surface area is 150 Å². The van der Waals surface area contributed by atoms with E-state index in [1.54, 1.807) is 12.1 Å². The van der Waals surface area contributed by atoms with Crippen LogP contribution in [0, 0.1) is 5.92 Å². The second-order valence-corrected chi connectivity index (χ2v) is 6.39.